The molecule has 1 unspecified atom stereocenters. The maximum Gasteiger partial charge on any atom is 0.244 e. The van der Waals surface area contributed by atoms with E-state index in [2.05, 4.69) is 12.2 Å². The number of hydrogen-bond acceptors (Lipinski definition) is 3. The summed E-state index contributed by atoms with van der Waals surface area (Å²) in [5.74, 6) is 0.194. The van der Waals surface area contributed by atoms with Crippen molar-refractivity contribution in [3.05, 3.63) is 29.8 Å². The highest BCUT2D eigenvalue weighted by Crippen LogP contribution is 2.22. The van der Waals surface area contributed by atoms with Gasteiger partial charge in [0.1, 0.15) is 0 Å². The van der Waals surface area contributed by atoms with Crippen LogP contribution in [0.25, 0.3) is 0 Å². The van der Waals surface area contributed by atoms with Gasteiger partial charge in [-0.05, 0) is 43.5 Å². The van der Waals surface area contributed by atoms with Crippen LogP contribution < -0.4 is 10.2 Å². The minimum atomic E-state index is -0.0326. The van der Waals surface area contributed by atoms with Gasteiger partial charge in [-0.2, -0.15) is 0 Å². The van der Waals surface area contributed by atoms with Gasteiger partial charge >= 0.3 is 0 Å². The Morgan fingerprint density at radius 2 is 2.30 bits per heavy atom. The van der Waals surface area contributed by atoms with Crippen molar-refractivity contribution in [2.45, 2.75) is 38.8 Å². The van der Waals surface area contributed by atoms with Crippen LogP contribution in [0.15, 0.2) is 24.3 Å². The number of anilines is 1. The molecule has 4 heteroatoms. The van der Waals surface area contributed by atoms with Gasteiger partial charge in [-0.1, -0.05) is 19.1 Å². The van der Waals surface area contributed by atoms with Crippen LogP contribution in [0.1, 0.15) is 31.7 Å². The fourth-order valence-electron chi connectivity index (χ4n) is 2.62. The van der Waals surface area contributed by atoms with E-state index in [9.17, 15) is 4.79 Å². The third-order valence-electron chi connectivity index (χ3n) is 3.61. The first-order chi connectivity index (χ1) is 9.76. The average Bonchev–Trinajstić information content (AvgIpc) is 2.47. The monoisotopic (exact) mass is 276 g/mol. The number of benzene rings is 1. The number of amides is 1. The highest BCUT2D eigenvalue weighted by Gasteiger charge is 2.28. The lowest BCUT2D eigenvalue weighted by atomic mass is 10.0. The molecule has 4 nitrogen and oxygen atoms in total. The highest BCUT2D eigenvalue weighted by atomic mass is 16.5. The fraction of sp³-hybridized carbons (Fsp3) is 0.562. The first-order valence-corrected chi connectivity index (χ1v) is 7.39. The quantitative estimate of drug-likeness (QED) is 0.867. The number of hydrogen-bond donors (Lipinski definition) is 1. The summed E-state index contributed by atoms with van der Waals surface area (Å²) in [7, 11) is 1.68. The van der Waals surface area contributed by atoms with E-state index in [-0.39, 0.29) is 11.9 Å². The van der Waals surface area contributed by atoms with Gasteiger partial charge < -0.3 is 15.0 Å². The molecular weight excluding hydrogens is 252 g/mol. The van der Waals surface area contributed by atoms with Crippen molar-refractivity contribution in [3.8, 4) is 0 Å². The van der Waals surface area contributed by atoms with Crippen LogP contribution in [0.4, 0.5) is 5.69 Å². The number of piperidine rings is 1. The highest BCUT2D eigenvalue weighted by molar-refractivity contribution is 5.98. The van der Waals surface area contributed by atoms with Crippen molar-refractivity contribution in [3.63, 3.8) is 0 Å². The summed E-state index contributed by atoms with van der Waals surface area (Å²) in [6, 6.07) is 8.02. The number of nitrogens with zero attached hydrogens (tertiary/aromatic N) is 1. The molecule has 1 aliphatic heterocycles. The molecule has 2 rings (SSSR count). The molecule has 1 aromatic carbocycles. The second-order valence-corrected chi connectivity index (χ2v) is 5.24. The Kier molecular flexibility index (Phi) is 5.56. The van der Waals surface area contributed by atoms with Crippen LogP contribution in [0, 0.1) is 0 Å². The molecule has 1 heterocycles. The van der Waals surface area contributed by atoms with Crippen LogP contribution >= 0.6 is 0 Å². The van der Waals surface area contributed by atoms with Gasteiger partial charge in [-0.3, -0.25) is 4.79 Å². The Morgan fingerprint density at radius 3 is 3.05 bits per heavy atom. The predicted octanol–water partition coefficient (Wildman–Crippen LogP) is 2.33. The lowest BCUT2D eigenvalue weighted by molar-refractivity contribution is -0.121. The average molecular weight is 276 g/mol. The topological polar surface area (TPSA) is 41.6 Å². The van der Waals surface area contributed by atoms with Crippen LogP contribution in [0.3, 0.4) is 0 Å². The van der Waals surface area contributed by atoms with Crippen LogP contribution in [-0.2, 0) is 16.1 Å². The minimum Gasteiger partial charge on any atom is -0.380 e. The Balaban J connectivity index is 2.10. The Labute approximate surface area is 121 Å². The zero-order valence-electron chi connectivity index (χ0n) is 12.4. The van der Waals surface area contributed by atoms with Gasteiger partial charge in [0.05, 0.1) is 12.6 Å². The van der Waals surface area contributed by atoms with Gasteiger partial charge in [-0.15, -0.1) is 0 Å². The molecule has 0 radical (unpaired) electrons. The molecule has 1 aliphatic rings. The standard InChI is InChI=1S/C16H24N2O2/c1-3-9-17-15-8-5-10-18(16(15)19)14-7-4-6-13(11-14)12-20-2/h4,6-7,11,15,17H,3,5,8-10,12H2,1-2H3. The van der Waals surface area contributed by atoms with E-state index in [0.29, 0.717) is 6.61 Å². The first-order valence-electron chi connectivity index (χ1n) is 7.39. The van der Waals surface area contributed by atoms with E-state index < -0.39 is 0 Å². The molecule has 0 bridgehead atoms. The largest absolute Gasteiger partial charge is 0.380 e. The van der Waals surface area contributed by atoms with Gasteiger partial charge in [0.2, 0.25) is 5.91 Å². The van der Waals surface area contributed by atoms with Gasteiger partial charge in [-0.25, -0.2) is 0 Å². The second-order valence-electron chi connectivity index (χ2n) is 5.24. The molecule has 1 atom stereocenters. The third kappa shape index (κ3) is 3.58. The van der Waals surface area contributed by atoms with Gasteiger partial charge in [0.25, 0.3) is 0 Å². The predicted molar refractivity (Wildman–Crippen MR) is 80.8 cm³/mol. The molecule has 1 aromatic rings. The van der Waals surface area contributed by atoms with E-state index in [1.165, 1.54) is 0 Å². The van der Waals surface area contributed by atoms with Gasteiger partial charge in [0, 0.05) is 19.3 Å². The summed E-state index contributed by atoms with van der Waals surface area (Å²) in [4.78, 5) is 14.4. The Bertz CT molecular complexity index is 448. The van der Waals surface area contributed by atoms with E-state index in [4.69, 9.17) is 4.74 Å². The Hall–Kier alpha value is -1.39. The summed E-state index contributed by atoms with van der Waals surface area (Å²) in [6.45, 7) is 4.40. The normalized spacial score (nSPS) is 19.4. The SMILES string of the molecule is CCCNC1CCCN(c2cccc(COC)c2)C1=O. The van der Waals surface area contributed by atoms with Crippen molar-refractivity contribution >= 4 is 11.6 Å². The van der Waals surface area contributed by atoms with Crippen molar-refractivity contribution in [1.29, 1.82) is 0 Å². The summed E-state index contributed by atoms with van der Waals surface area (Å²) in [5, 5.41) is 3.34. The molecule has 1 fully saturated rings. The molecule has 1 saturated heterocycles. The number of ether oxygens (including phenoxy) is 1. The van der Waals surface area contributed by atoms with E-state index >= 15 is 0 Å². The molecule has 0 saturated carbocycles. The second kappa shape index (κ2) is 7.41. The van der Waals surface area contributed by atoms with E-state index in [1.807, 2.05) is 29.2 Å². The molecule has 0 aromatic heterocycles. The van der Waals surface area contributed by atoms with E-state index in [1.54, 1.807) is 7.11 Å². The number of carbonyl (C=O) groups is 1. The molecule has 0 aliphatic carbocycles. The van der Waals surface area contributed by atoms with E-state index in [0.717, 1.165) is 43.6 Å². The molecule has 0 spiro atoms. The maximum absolute atomic E-state index is 12.5. The van der Waals surface area contributed by atoms with Crippen molar-refractivity contribution < 1.29 is 9.53 Å². The summed E-state index contributed by atoms with van der Waals surface area (Å²) < 4.78 is 5.16. The lowest BCUT2D eigenvalue weighted by Crippen LogP contribution is -2.51. The first kappa shape index (κ1) is 15.0. The lowest BCUT2D eigenvalue weighted by Gasteiger charge is -2.33. The number of rotatable bonds is 6. The fourth-order valence-corrected chi connectivity index (χ4v) is 2.62. The molecular formula is C16H24N2O2. The summed E-state index contributed by atoms with van der Waals surface area (Å²) in [5.41, 5.74) is 2.08. The van der Waals surface area contributed by atoms with Crippen molar-refractivity contribution in [2.75, 3.05) is 25.1 Å². The summed E-state index contributed by atoms with van der Waals surface area (Å²) >= 11 is 0. The molecule has 20 heavy (non-hydrogen) atoms. The third-order valence-corrected chi connectivity index (χ3v) is 3.61. The van der Waals surface area contributed by atoms with Crippen LogP contribution in [0.2, 0.25) is 0 Å². The zero-order valence-corrected chi connectivity index (χ0v) is 12.4. The molecule has 1 amide bonds. The smallest absolute Gasteiger partial charge is 0.244 e. The van der Waals surface area contributed by atoms with Crippen molar-refractivity contribution in [1.82, 2.24) is 5.32 Å². The maximum atomic E-state index is 12.5. The number of carbonyl (C=O) groups excluding carboxylic acids is 1. The molecule has 1 N–H and O–H groups in total. The van der Waals surface area contributed by atoms with Crippen LogP contribution in [-0.4, -0.2) is 32.1 Å². The van der Waals surface area contributed by atoms with Crippen molar-refractivity contribution in [2.24, 2.45) is 0 Å². The van der Waals surface area contributed by atoms with Gasteiger partial charge in [0.15, 0.2) is 0 Å². The zero-order chi connectivity index (χ0) is 14.4. The molecule has 110 valence electrons. The minimum absolute atomic E-state index is 0.0326. The summed E-state index contributed by atoms with van der Waals surface area (Å²) in [6.07, 6.45) is 3.03. The number of nitrogens with one attached hydrogen (secondary N) is 1. The Morgan fingerprint density at radius 1 is 1.45 bits per heavy atom. The van der Waals surface area contributed by atoms with Crippen LogP contribution in [0.5, 0.6) is 0 Å². The number of methoxy groups -OCH3 is 1.